The fraction of sp³-hybridized carbons (Fsp3) is 0.176. The number of benzene rings is 2. The van der Waals surface area contributed by atoms with E-state index in [9.17, 15) is 14.0 Å². The van der Waals surface area contributed by atoms with Crippen LogP contribution in [0.5, 0.6) is 0 Å². The van der Waals surface area contributed by atoms with Crippen LogP contribution in [-0.2, 0) is 11.3 Å². The highest BCUT2D eigenvalue weighted by Gasteiger charge is 2.07. The molecule has 3 N–H and O–H groups in total. The van der Waals surface area contributed by atoms with Crippen molar-refractivity contribution < 1.29 is 14.0 Å². The van der Waals surface area contributed by atoms with Crippen molar-refractivity contribution in [3.05, 3.63) is 63.9 Å². The van der Waals surface area contributed by atoms with Gasteiger partial charge in [-0.05, 0) is 52.2 Å². The Morgan fingerprint density at radius 3 is 2.58 bits per heavy atom. The van der Waals surface area contributed by atoms with E-state index in [0.717, 1.165) is 10.0 Å². The Labute approximate surface area is 147 Å². The SMILES string of the molecule is Cc1cc(CNC(=O)NCC(=O)Nc2ccccc2Br)ccc1F. The third-order valence-electron chi connectivity index (χ3n) is 3.23. The number of para-hydroxylation sites is 1. The predicted molar refractivity (Wildman–Crippen MR) is 94.1 cm³/mol. The zero-order valence-electron chi connectivity index (χ0n) is 13.0. The van der Waals surface area contributed by atoms with Gasteiger partial charge >= 0.3 is 6.03 Å². The number of carbonyl (C=O) groups excluding carboxylic acids is 2. The third kappa shape index (κ3) is 5.34. The Balaban J connectivity index is 1.75. The maximum atomic E-state index is 13.2. The van der Waals surface area contributed by atoms with E-state index in [-0.39, 0.29) is 24.8 Å². The summed E-state index contributed by atoms with van der Waals surface area (Å²) in [5.41, 5.74) is 1.93. The fourth-order valence-corrected chi connectivity index (χ4v) is 2.36. The molecule has 0 bridgehead atoms. The van der Waals surface area contributed by atoms with Gasteiger partial charge in [-0.3, -0.25) is 4.79 Å². The zero-order valence-corrected chi connectivity index (χ0v) is 14.6. The second-order valence-corrected chi connectivity index (χ2v) is 6.00. The van der Waals surface area contributed by atoms with Crippen molar-refractivity contribution in [2.24, 2.45) is 0 Å². The first kappa shape index (κ1) is 17.9. The molecule has 24 heavy (non-hydrogen) atoms. The Morgan fingerprint density at radius 1 is 1.12 bits per heavy atom. The standard InChI is InChI=1S/C17H17BrFN3O2/c1-11-8-12(6-7-14(11)19)9-20-17(24)21-10-16(23)22-15-5-3-2-4-13(15)18/h2-8H,9-10H2,1H3,(H,22,23)(H2,20,21,24). The van der Waals surface area contributed by atoms with Gasteiger partial charge < -0.3 is 16.0 Å². The van der Waals surface area contributed by atoms with Crippen molar-refractivity contribution in [2.75, 3.05) is 11.9 Å². The molecule has 0 aliphatic heterocycles. The van der Waals surface area contributed by atoms with E-state index in [0.29, 0.717) is 11.3 Å². The maximum absolute atomic E-state index is 13.2. The first-order chi connectivity index (χ1) is 11.5. The van der Waals surface area contributed by atoms with Gasteiger partial charge in [0.25, 0.3) is 0 Å². The van der Waals surface area contributed by atoms with E-state index >= 15 is 0 Å². The summed E-state index contributed by atoms with van der Waals surface area (Å²) in [6, 6.07) is 11.3. The lowest BCUT2D eigenvalue weighted by molar-refractivity contribution is -0.115. The lowest BCUT2D eigenvalue weighted by Crippen LogP contribution is -2.39. The molecule has 2 aromatic carbocycles. The van der Waals surface area contributed by atoms with Crippen LogP contribution < -0.4 is 16.0 Å². The molecule has 0 saturated carbocycles. The summed E-state index contributed by atoms with van der Waals surface area (Å²) < 4.78 is 13.9. The Kier molecular flexibility index (Phi) is 6.31. The van der Waals surface area contributed by atoms with Crippen molar-refractivity contribution in [3.8, 4) is 0 Å². The second kappa shape index (κ2) is 8.44. The number of urea groups is 1. The van der Waals surface area contributed by atoms with Gasteiger partial charge in [0.1, 0.15) is 5.82 Å². The van der Waals surface area contributed by atoms with Crippen molar-refractivity contribution in [2.45, 2.75) is 13.5 Å². The normalized spacial score (nSPS) is 10.1. The molecule has 0 aliphatic rings. The predicted octanol–water partition coefficient (Wildman–Crippen LogP) is 3.33. The van der Waals surface area contributed by atoms with Crippen LogP contribution >= 0.6 is 15.9 Å². The van der Waals surface area contributed by atoms with Crippen LogP contribution in [0.1, 0.15) is 11.1 Å². The molecule has 0 saturated heterocycles. The third-order valence-corrected chi connectivity index (χ3v) is 3.92. The molecule has 0 heterocycles. The highest BCUT2D eigenvalue weighted by atomic mass is 79.9. The molecular formula is C17H17BrFN3O2. The van der Waals surface area contributed by atoms with Crippen LogP contribution in [0.2, 0.25) is 0 Å². The molecule has 0 unspecified atom stereocenters. The van der Waals surface area contributed by atoms with Gasteiger partial charge in [-0.25, -0.2) is 9.18 Å². The Bertz CT molecular complexity index is 752. The van der Waals surface area contributed by atoms with Gasteiger partial charge in [0.15, 0.2) is 0 Å². The van der Waals surface area contributed by atoms with Crippen LogP contribution in [0.25, 0.3) is 0 Å². The average Bonchev–Trinajstić information content (AvgIpc) is 2.56. The Morgan fingerprint density at radius 2 is 1.88 bits per heavy atom. The van der Waals surface area contributed by atoms with Crippen LogP contribution in [0.15, 0.2) is 46.9 Å². The zero-order chi connectivity index (χ0) is 17.5. The van der Waals surface area contributed by atoms with E-state index in [1.54, 1.807) is 37.3 Å². The van der Waals surface area contributed by atoms with E-state index in [2.05, 4.69) is 31.9 Å². The lowest BCUT2D eigenvalue weighted by atomic mass is 10.1. The topological polar surface area (TPSA) is 70.2 Å². The minimum absolute atomic E-state index is 0.157. The van der Waals surface area contributed by atoms with E-state index in [1.165, 1.54) is 6.07 Å². The van der Waals surface area contributed by atoms with Gasteiger partial charge in [-0.1, -0.05) is 24.3 Å². The monoisotopic (exact) mass is 393 g/mol. The molecule has 0 aromatic heterocycles. The van der Waals surface area contributed by atoms with Gasteiger partial charge in [-0.15, -0.1) is 0 Å². The number of aryl methyl sites for hydroxylation is 1. The van der Waals surface area contributed by atoms with E-state index in [1.807, 2.05) is 6.07 Å². The van der Waals surface area contributed by atoms with Crippen LogP contribution in [0.4, 0.5) is 14.9 Å². The summed E-state index contributed by atoms with van der Waals surface area (Å²) >= 11 is 3.33. The summed E-state index contributed by atoms with van der Waals surface area (Å²) in [7, 11) is 0. The minimum Gasteiger partial charge on any atom is -0.334 e. The van der Waals surface area contributed by atoms with Gasteiger partial charge in [-0.2, -0.15) is 0 Å². The smallest absolute Gasteiger partial charge is 0.315 e. The lowest BCUT2D eigenvalue weighted by Gasteiger charge is -2.10. The average molecular weight is 394 g/mol. The number of carbonyl (C=O) groups is 2. The fourth-order valence-electron chi connectivity index (χ4n) is 1.98. The van der Waals surface area contributed by atoms with Crippen LogP contribution in [0, 0.1) is 12.7 Å². The molecule has 7 heteroatoms. The Hall–Kier alpha value is -2.41. The summed E-state index contributed by atoms with van der Waals surface area (Å²) in [5, 5.41) is 7.76. The number of hydrogen-bond acceptors (Lipinski definition) is 2. The number of hydrogen-bond donors (Lipinski definition) is 3. The minimum atomic E-state index is -0.473. The van der Waals surface area contributed by atoms with Crippen LogP contribution in [0.3, 0.4) is 0 Å². The number of nitrogens with one attached hydrogen (secondary N) is 3. The van der Waals surface area contributed by atoms with Gasteiger partial charge in [0.05, 0.1) is 12.2 Å². The summed E-state index contributed by atoms with van der Waals surface area (Å²) in [6.45, 7) is 1.75. The van der Waals surface area contributed by atoms with Crippen molar-refractivity contribution in [3.63, 3.8) is 0 Å². The molecule has 2 rings (SSSR count). The number of rotatable bonds is 5. The van der Waals surface area contributed by atoms with Crippen molar-refractivity contribution >= 4 is 33.6 Å². The molecule has 3 amide bonds. The first-order valence-corrected chi connectivity index (χ1v) is 8.06. The number of halogens is 2. The molecule has 0 fully saturated rings. The molecular weight excluding hydrogens is 377 g/mol. The van der Waals surface area contributed by atoms with Gasteiger partial charge in [0.2, 0.25) is 5.91 Å². The second-order valence-electron chi connectivity index (χ2n) is 5.15. The summed E-state index contributed by atoms with van der Waals surface area (Å²) in [5.74, 6) is -0.623. The largest absolute Gasteiger partial charge is 0.334 e. The summed E-state index contributed by atoms with van der Waals surface area (Å²) in [4.78, 5) is 23.5. The molecule has 0 spiro atoms. The van der Waals surface area contributed by atoms with Gasteiger partial charge in [0, 0.05) is 11.0 Å². The molecule has 126 valence electrons. The molecule has 5 nitrogen and oxygen atoms in total. The molecule has 0 aliphatic carbocycles. The highest BCUT2D eigenvalue weighted by molar-refractivity contribution is 9.10. The molecule has 0 radical (unpaired) electrons. The van der Waals surface area contributed by atoms with Crippen LogP contribution in [-0.4, -0.2) is 18.5 Å². The molecule has 0 atom stereocenters. The summed E-state index contributed by atoms with van der Waals surface area (Å²) in [6.07, 6.45) is 0. The quantitative estimate of drug-likeness (QED) is 0.728. The van der Waals surface area contributed by atoms with E-state index < -0.39 is 6.03 Å². The van der Waals surface area contributed by atoms with E-state index in [4.69, 9.17) is 0 Å². The maximum Gasteiger partial charge on any atom is 0.315 e. The first-order valence-electron chi connectivity index (χ1n) is 7.27. The molecule has 2 aromatic rings. The number of anilines is 1. The van der Waals surface area contributed by atoms with Crippen molar-refractivity contribution in [1.29, 1.82) is 0 Å². The number of amides is 3. The highest BCUT2D eigenvalue weighted by Crippen LogP contribution is 2.20. The van der Waals surface area contributed by atoms with Crippen molar-refractivity contribution in [1.82, 2.24) is 10.6 Å².